The zero-order chi connectivity index (χ0) is 24.4. The second-order valence-electron chi connectivity index (χ2n) is 11.0. The minimum Gasteiger partial charge on any atom is -0.394 e. The van der Waals surface area contributed by atoms with Crippen molar-refractivity contribution in [2.45, 2.75) is 76.2 Å². The fourth-order valence-corrected chi connectivity index (χ4v) is 6.75. The summed E-state index contributed by atoms with van der Waals surface area (Å²) in [5, 5.41) is 3.34. The van der Waals surface area contributed by atoms with E-state index in [1.54, 1.807) is 12.1 Å². The van der Waals surface area contributed by atoms with Crippen molar-refractivity contribution in [2.24, 2.45) is 22.6 Å². The molecule has 3 atom stereocenters. The van der Waals surface area contributed by atoms with E-state index in [0.29, 0.717) is 23.9 Å². The van der Waals surface area contributed by atoms with E-state index >= 15 is 0 Å². The lowest BCUT2D eigenvalue weighted by Crippen LogP contribution is -2.53. The van der Waals surface area contributed by atoms with E-state index < -0.39 is 0 Å². The molecular weight excluding hydrogens is 437 g/mol. The van der Waals surface area contributed by atoms with E-state index in [-0.39, 0.29) is 28.9 Å². The average Bonchev–Trinajstić information content (AvgIpc) is 2.85. The molecule has 3 fully saturated rings. The molecule has 0 aliphatic heterocycles. The largest absolute Gasteiger partial charge is 0.394 e. The number of allylic oxidation sites excluding steroid dienone is 1. The molecule has 3 N–H and O–H groups in total. The number of carbonyl (C=O) groups excluding carboxylic acids is 1. The summed E-state index contributed by atoms with van der Waals surface area (Å²) in [6, 6.07) is 16.4. The van der Waals surface area contributed by atoms with Gasteiger partial charge in [-0.05, 0) is 87.1 Å². The number of nitrogens with one attached hydrogen (secondary N) is 1. The lowest BCUT2D eigenvalue weighted by atomic mass is 9.65. The molecule has 3 aliphatic carbocycles. The maximum Gasteiger partial charge on any atom is 0.267 e. The standard InChI is InChI=1S/C30H36FN3O/c1-30(18-20-7-5-8-21(17-20)19-30)34-29(35)27(32)26-12-6-11-25(22-9-3-2-4-10-22)28(26)33-24-15-13-23(31)14-16-24/h2-4,9-10,13-16,20-21,25H,5-8,11-12,17-19,32H2,1H3,(H,34,35). The third kappa shape index (κ3) is 5.34. The van der Waals surface area contributed by atoms with Gasteiger partial charge in [-0.2, -0.15) is 0 Å². The quantitative estimate of drug-likeness (QED) is 0.494. The summed E-state index contributed by atoms with van der Waals surface area (Å²) >= 11 is 0. The zero-order valence-electron chi connectivity index (χ0n) is 20.6. The summed E-state index contributed by atoms with van der Waals surface area (Å²) in [6.45, 7) is 2.19. The van der Waals surface area contributed by atoms with Crippen molar-refractivity contribution in [3.8, 4) is 0 Å². The van der Waals surface area contributed by atoms with Gasteiger partial charge in [0.05, 0.1) is 11.4 Å². The Morgan fingerprint density at radius 2 is 1.69 bits per heavy atom. The molecule has 0 radical (unpaired) electrons. The number of carbonyl (C=O) groups is 1. The Hall–Kier alpha value is -2.95. The summed E-state index contributed by atoms with van der Waals surface area (Å²) in [7, 11) is 0. The predicted octanol–water partition coefficient (Wildman–Crippen LogP) is 6.55. The molecular formula is C30H36FN3O. The van der Waals surface area contributed by atoms with Crippen LogP contribution in [0.5, 0.6) is 0 Å². The van der Waals surface area contributed by atoms with Gasteiger partial charge in [0.25, 0.3) is 5.91 Å². The average molecular weight is 474 g/mol. The molecule has 2 aromatic carbocycles. The van der Waals surface area contributed by atoms with E-state index in [4.69, 9.17) is 10.7 Å². The molecule has 3 unspecified atom stereocenters. The molecule has 4 nitrogen and oxygen atoms in total. The minimum atomic E-state index is -0.294. The highest BCUT2D eigenvalue weighted by molar-refractivity contribution is 6.12. The molecule has 3 saturated carbocycles. The Balaban J connectivity index is 1.48. The van der Waals surface area contributed by atoms with Crippen molar-refractivity contribution >= 4 is 17.3 Å². The highest BCUT2D eigenvalue weighted by Gasteiger charge is 2.40. The van der Waals surface area contributed by atoms with Crippen molar-refractivity contribution in [1.29, 1.82) is 0 Å². The highest BCUT2D eigenvalue weighted by Crippen LogP contribution is 2.44. The maximum atomic E-state index is 13.5. The summed E-state index contributed by atoms with van der Waals surface area (Å²) in [5.74, 6) is 0.977. The first-order valence-corrected chi connectivity index (χ1v) is 13.1. The van der Waals surface area contributed by atoms with E-state index in [9.17, 15) is 9.18 Å². The van der Waals surface area contributed by atoms with Crippen molar-refractivity contribution in [3.05, 3.63) is 77.2 Å². The SMILES string of the molecule is CC1(NC(=O)C(N)=C2CCCC(c3ccccc3)C2=Nc2ccc(F)cc2)CC2CCCC(C2)C1. The van der Waals surface area contributed by atoms with Gasteiger partial charge >= 0.3 is 0 Å². The molecule has 1 amide bonds. The Bertz CT molecular complexity index is 1110. The fourth-order valence-electron chi connectivity index (χ4n) is 6.75. The first-order chi connectivity index (χ1) is 16.9. The van der Waals surface area contributed by atoms with Crippen LogP contribution < -0.4 is 11.1 Å². The Kier molecular flexibility index (Phi) is 6.77. The van der Waals surface area contributed by atoms with E-state index in [1.165, 1.54) is 37.8 Å². The lowest BCUT2D eigenvalue weighted by Gasteiger charge is -2.46. The van der Waals surface area contributed by atoms with Crippen LogP contribution in [0.1, 0.15) is 76.2 Å². The van der Waals surface area contributed by atoms with Crippen LogP contribution in [0.2, 0.25) is 0 Å². The van der Waals surface area contributed by atoms with Crippen LogP contribution in [0.25, 0.3) is 0 Å². The third-order valence-electron chi connectivity index (χ3n) is 8.19. The molecule has 3 aliphatic rings. The van der Waals surface area contributed by atoms with Gasteiger partial charge in [-0.3, -0.25) is 9.79 Å². The number of aliphatic imine (C=N–C) groups is 1. The van der Waals surface area contributed by atoms with Crippen LogP contribution in [0.15, 0.2) is 70.9 Å². The van der Waals surface area contributed by atoms with Gasteiger partial charge in [0.1, 0.15) is 11.5 Å². The fraction of sp³-hybridized carbons (Fsp3) is 0.467. The third-order valence-corrected chi connectivity index (χ3v) is 8.19. The summed E-state index contributed by atoms with van der Waals surface area (Å²) in [6.07, 6.45) is 9.80. The number of rotatable bonds is 4. The first kappa shape index (κ1) is 23.8. The second-order valence-corrected chi connectivity index (χ2v) is 11.0. The van der Waals surface area contributed by atoms with Crippen LogP contribution in [-0.2, 0) is 4.79 Å². The van der Waals surface area contributed by atoms with Crippen molar-refractivity contribution in [2.75, 3.05) is 0 Å². The highest BCUT2D eigenvalue weighted by atomic mass is 19.1. The van der Waals surface area contributed by atoms with Crippen molar-refractivity contribution < 1.29 is 9.18 Å². The molecule has 0 heterocycles. The van der Waals surface area contributed by atoms with E-state index in [2.05, 4.69) is 24.4 Å². The topological polar surface area (TPSA) is 67.5 Å². The number of hydrogen-bond donors (Lipinski definition) is 2. The van der Waals surface area contributed by atoms with Crippen LogP contribution in [-0.4, -0.2) is 17.2 Å². The number of hydrogen-bond acceptors (Lipinski definition) is 3. The molecule has 2 aromatic rings. The second kappa shape index (κ2) is 9.96. The van der Waals surface area contributed by atoms with Crippen molar-refractivity contribution in [3.63, 3.8) is 0 Å². The number of amides is 1. The van der Waals surface area contributed by atoms with Gasteiger partial charge < -0.3 is 11.1 Å². The van der Waals surface area contributed by atoms with Crippen molar-refractivity contribution in [1.82, 2.24) is 5.32 Å². The molecule has 2 bridgehead atoms. The Morgan fingerprint density at radius 3 is 2.37 bits per heavy atom. The monoisotopic (exact) mass is 473 g/mol. The molecule has 5 rings (SSSR count). The van der Waals surface area contributed by atoms with Gasteiger partial charge in [0.2, 0.25) is 0 Å². The molecule has 35 heavy (non-hydrogen) atoms. The smallest absolute Gasteiger partial charge is 0.267 e. The van der Waals surface area contributed by atoms with E-state index in [1.807, 2.05) is 18.2 Å². The Labute approximate surface area is 207 Å². The van der Waals surface area contributed by atoms with E-state index in [0.717, 1.165) is 42.5 Å². The number of nitrogens with two attached hydrogens (primary N) is 1. The summed E-state index contributed by atoms with van der Waals surface area (Å²) in [5.41, 5.74) is 10.2. The van der Waals surface area contributed by atoms with Gasteiger partial charge in [0.15, 0.2) is 0 Å². The van der Waals surface area contributed by atoms with Crippen LogP contribution in [0, 0.1) is 17.7 Å². The maximum absolute atomic E-state index is 13.5. The molecule has 0 aromatic heterocycles. The number of benzene rings is 2. The zero-order valence-corrected chi connectivity index (χ0v) is 20.6. The molecule has 184 valence electrons. The number of fused-ring (bicyclic) bond motifs is 2. The van der Waals surface area contributed by atoms with Gasteiger partial charge in [0, 0.05) is 17.0 Å². The Morgan fingerprint density at radius 1 is 1.00 bits per heavy atom. The molecule has 5 heteroatoms. The summed E-state index contributed by atoms with van der Waals surface area (Å²) < 4.78 is 13.5. The summed E-state index contributed by atoms with van der Waals surface area (Å²) in [4.78, 5) is 18.5. The molecule has 0 spiro atoms. The molecule has 0 saturated heterocycles. The normalized spacial score (nSPS) is 31.1. The van der Waals surface area contributed by atoms with Crippen LogP contribution in [0.4, 0.5) is 10.1 Å². The van der Waals surface area contributed by atoms with Gasteiger partial charge in [-0.1, -0.05) is 49.6 Å². The number of nitrogens with zero attached hydrogens (tertiary/aromatic N) is 1. The van der Waals surface area contributed by atoms with Gasteiger partial charge in [-0.25, -0.2) is 4.39 Å². The van der Waals surface area contributed by atoms with Gasteiger partial charge in [-0.15, -0.1) is 0 Å². The lowest BCUT2D eigenvalue weighted by molar-refractivity contribution is -0.120. The van der Waals surface area contributed by atoms with Crippen LogP contribution in [0.3, 0.4) is 0 Å². The first-order valence-electron chi connectivity index (χ1n) is 13.1. The minimum absolute atomic E-state index is 0.0426. The predicted molar refractivity (Wildman–Crippen MR) is 139 cm³/mol. The number of halogens is 1. The van der Waals surface area contributed by atoms with Crippen LogP contribution >= 0.6 is 0 Å².